The molecule has 1 amide bonds. The Balaban J connectivity index is 1.64. The van der Waals surface area contributed by atoms with Gasteiger partial charge in [-0.15, -0.1) is 0 Å². The summed E-state index contributed by atoms with van der Waals surface area (Å²) < 4.78 is 50.9. The Morgan fingerprint density at radius 3 is 2.61 bits per heavy atom. The summed E-state index contributed by atoms with van der Waals surface area (Å²) >= 11 is 0. The molecule has 200 valence electrons. The molecule has 1 saturated heterocycles. The van der Waals surface area contributed by atoms with E-state index in [2.05, 4.69) is 25.6 Å². The van der Waals surface area contributed by atoms with Crippen LogP contribution in [0.4, 0.5) is 30.6 Å². The molecule has 12 heteroatoms. The number of aromatic nitrogens is 2. The van der Waals surface area contributed by atoms with Crippen molar-refractivity contribution < 1.29 is 27.4 Å². The first-order chi connectivity index (χ1) is 18.2. The summed E-state index contributed by atoms with van der Waals surface area (Å²) in [4.78, 5) is 28.1. The summed E-state index contributed by atoms with van der Waals surface area (Å²) in [5.74, 6) is 0.951. The van der Waals surface area contributed by atoms with Crippen molar-refractivity contribution in [2.45, 2.75) is 13.1 Å². The molecule has 4 rings (SSSR count). The lowest BCUT2D eigenvalue weighted by molar-refractivity contribution is -0.137. The molecular weight excluding hydrogens is 501 g/mol. The first-order valence-electron chi connectivity index (χ1n) is 11.8. The number of aliphatic imine (C=N–C) groups is 1. The van der Waals surface area contributed by atoms with E-state index in [1.807, 2.05) is 11.8 Å². The number of aryl methyl sites for hydroxylation is 1. The fraction of sp³-hybridized carbons (Fsp3) is 0.308. The van der Waals surface area contributed by atoms with E-state index in [1.54, 1.807) is 38.5 Å². The molecule has 38 heavy (non-hydrogen) atoms. The highest BCUT2D eigenvalue weighted by Crippen LogP contribution is 2.33. The highest BCUT2D eigenvalue weighted by molar-refractivity contribution is 6.04. The molecule has 9 nitrogen and oxygen atoms in total. The van der Waals surface area contributed by atoms with Crippen molar-refractivity contribution in [1.29, 1.82) is 0 Å². The van der Waals surface area contributed by atoms with Gasteiger partial charge in [-0.1, -0.05) is 12.1 Å². The Labute approximate surface area is 217 Å². The average Bonchev–Trinajstić information content (AvgIpc) is 2.91. The fourth-order valence-electron chi connectivity index (χ4n) is 3.79. The molecule has 0 spiro atoms. The Kier molecular flexibility index (Phi) is 8.10. The third-order valence-electron chi connectivity index (χ3n) is 5.79. The van der Waals surface area contributed by atoms with Gasteiger partial charge in [0.1, 0.15) is 11.6 Å². The van der Waals surface area contributed by atoms with Crippen LogP contribution in [0.1, 0.15) is 27.0 Å². The van der Waals surface area contributed by atoms with Crippen molar-refractivity contribution in [2.24, 2.45) is 4.99 Å². The third kappa shape index (κ3) is 6.20. The minimum absolute atomic E-state index is 0.117. The highest BCUT2D eigenvalue weighted by atomic mass is 19.4. The summed E-state index contributed by atoms with van der Waals surface area (Å²) in [6, 6.07) is 9.19. The largest absolute Gasteiger partial charge is 0.438 e. The van der Waals surface area contributed by atoms with E-state index in [0.717, 1.165) is 17.7 Å². The molecule has 1 fully saturated rings. The number of anilines is 3. The van der Waals surface area contributed by atoms with Gasteiger partial charge in [0.2, 0.25) is 11.8 Å². The zero-order valence-corrected chi connectivity index (χ0v) is 21.1. The van der Waals surface area contributed by atoms with Gasteiger partial charge in [-0.05, 0) is 36.8 Å². The van der Waals surface area contributed by atoms with Crippen molar-refractivity contribution in [2.75, 3.05) is 55.9 Å². The Morgan fingerprint density at radius 2 is 1.92 bits per heavy atom. The Bertz CT molecular complexity index is 1340. The molecule has 0 bridgehead atoms. The van der Waals surface area contributed by atoms with E-state index in [4.69, 9.17) is 9.47 Å². The molecular formula is C26H27F3N6O3. The van der Waals surface area contributed by atoms with Crippen LogP contribution < -0.4 is 20.3 Å². The second-order valence-corrected chi connectivity index (χ2v) is 8.44. The normalized spacial score (nSPS) is 14.0. The number of morpholine rings is 1. The maximum atomic E-state index is 13.1. The number of carbonyl (C=O) groups excluding carboxylic acids is 1. The number of rotatable bonds is 7. The zero-order chi connectivity index (χ0) is 27.3. The van der Waals surface area contributed by atoms with Crippen molar-refractivity contribution in [3.8, 4) is 11.6 Å². The predicted octanol–water partition coefficient (Wildman–Crippen LogP) is 4.78. The number of hydrogen-bond acceptors (Lipinski definition) is 8. The molecule has 2 heterocycles. The van der Waals surface area contributed by atoms with Crippen LogP contribution in [-0.4, -0.2) is 62.5 Å². The van der Waals surface area contributed by atoms with Gasteiger partial charge >= 0.3 is 6.18 Å². The summed E-state index contributed by atoms with van der Waals surface area (Å²) in [5, 5.41) is 5.69. The van der Waals surface area contributed by atoms with E-state index in [9.17, 15) is 18.0 Å². The lowest BCUT2D eigenvalue weighted by Crippen LogP contribution is -2.37. The Hall–Kier alpha value is -4.19. The SMILES string of the molecule is CN=Cc1c(NC)nc(N2CCOCC2)nc1Oc1cc(NC(=O)c2cccc(C(F)(F)F)c2)ccc1C. The van der Waals surface area contributed by atoms with Crippen LogP contribution in [0.2, 0.25) is 0 Å². The summed E-state index contributed by atoms with van der Waals surface area (Å²) in [7, 11) is 3.35. The number of hydrogen-bond donors (Lipinski definition) is 2. The van der Waals surface area contributed by atoms with Gasteiger partial charge in [-0.3, -0.25) is 9.79 Å². The minimum Gasteiger partial charge on any atom is -0.438 e. The van der Waals surface area contributed by atoms with Gasteiger partial charge in [0.05, 0.1) is 24.3 Å². The second kappa shape index (κ2) is 11.5. The molecule has 1 aliphatic heterocycles. The van der Waals surface area contributed by atoms with Gasteiger partial charge in [-0.25, -0.2) is 0 Å². The first kappa shape index (κ1) is 26.9. The van der Waals surface area contributed by atoms with Gasteiger partial charge in [-0.2, -0.15) is 23.1 Å². The molecule has 1 aliphatic rings. The standard InChI is InChI=1S/C26H27F3N6O3/c1-16-7-8-19(32-23(36)17-5-4-6-18(13-17)26(27,28)29)14-21(16)38-24-20(15-30-2)22(31-3)33-25(34-24)35-9-11-37-12-10-35/h4-8,13-15H,9-12H2,1-3H3,(H,32,36)(H,31,33,34). The van der Waals surface area contributed by atoms with E-state index in [1.165, 1.54) is 12.1 Å². The molecule has 2 N–H and O–H groups in total. The number of nitrogens with one attached hydrogen (secondary N) is 2. The maximum absolute atomic E-state index is 13.1. The van der Waals surface area contributed by atoms with Crippen molar-refractivity contribution in [3.63, 3.8) is 0 Å². The van der Waals surface area contributed by atoms with Gasteiger partial charge < -0.3 is 25.0 Å². The lowest BCUT2D eigenvalue weighted by Gasteiger charge is -2.27. The summed E-state index contributed by atoms with van der Waals surface area (Å²) in [5.41, 5.74) is 0.608. The lowest BCUT2D eigenvalue weighted by atomic mass is 10.1. The number of amides is 1. The monoisotopic (exact) mass is 528 g/mol. The van der Waals surface area contributed by atoms with Crippen molar-refractivity contribution in [3.05, 3.63) is 64.7 Å². The number of alkyl halides is 3. The number of ether oxygens (including phenoxy) is 2. The number of benzene rings is 2. The van der Waals surface area contributed by atoms with Crippen LogP contribution in [0.15, 0.2) is 47.5 Å². The van der Waals surface area contributed by atoms with Gasteiger partial charge in [0.15, 0.2) is 0 Å². The van der Waals surface area contributed by atoms with Crippen LogP contribution in [0, 0.1) is 6.92 Å². The Morgan fingerprint density at radius 1 is 1.16 bits per heavy atom. The number of carbonyl (C=O) groups is 1. The third-order valence-corrected chi connectivity index (χ3v) is 5.79. The van der Waals surface area contributed by atoms with Crippen LogP contribution in [0.3, 0.4) is 0 Å². The molecule has 1 aromatic heterocycles. The molecule has 0 aliphatic carbocycles. The van der Waals surface area contributed by atoms with Crippen LogP contribution in [-0.2, 0) is 10.9 Å². The highest BCUT2D eigenvalue weighted by Gasteiger charge is 2.31. The van der Waals surface area contributed by atoms with E-state index in [-0.39, 0.29) is 11.4 Å². The number of halogens is 3. The van der Waals surface area contributed by atoms with Gasteiger partial charge in [0, 0.05) is 50.7 Å². The molecule has 0 saturated carbocycles. The van der Waals surface area contributed by atoms with Crippen LogP contribution in [0.5, 0.6) is 11.6 Å². The van der Waals surface area contributed by atoms with Crippen LogP contribution in [0.25, 0.3) is 0 Å². The summed E-state index contributed by atoms with van der Waals surface area (Å²) in [6.45, 7) is 4.18. The fourth-order valence-corrected chi connectivity index (χ4v) is 3.79. The predicted molar refractivity (Wildman–Crippen MR) is 139 cm³/mol. The molecule has 0 radical (unpaired) electrons. The number of nitrogens with zero attached hydrogens (tertiary/aromatic N) is 4. The minimum atomic E-state index is -4.55. The van der Waals surface area contributed by atoms with E-state index >= 15 is 0 Å². The van der Waals surface area contributed by atoms with E-state index in [0.29, 0.717) is 55.1 Å². The van der Waals surface area contributed by atoms with Crippen molar-refractivity contribution >= 4 is 29.6 Å². The van der Waals surface area contributed by atoms with Gasteiger partial charge in [0.25, 0.3) is 5.91 Å². The first-order valence-corrected chi connectivity index (χ1v) is 11.8. The quantitative estimate of drug-likeness (QED) is 0.426. The topological polar surface area (TPSA) is 101 Å². The molecule has 2 aromatic carbocycles. The van der Waals surface area contributed by atoms with Crippen molar-refractivity contribution in [1.82, 2.24) is 9.97 Å². The summed E-state index contributed by atoms with van der Waals surface area (Å²) in [6.07, 6.45) is -2.97. The smallest absolute Gasteiger partial charge is 0.416 e. The molecule has 0 unspecified atom stereocenters. The van der Waals surface area contributed by atoms with Crippen LogP contribution >= 0.6 is 0 Å². The van der Waals surface area contributed by atoms with E-state index < -0.39 is 17.6 Å². The average molecular weight is 529 g/mol. The zero-order valence-electron chi connectivity index (χ0n) is 21.1. The second-order valence-electron chi connectivity index (χ2n) is 8.44. The maximum Gasteiger partial charge on any atom is 0.416 e. The molecule has 0 atom stereocenters. The molecule has 3 aromatic rings.